The summed E-state index contributed by atoms with van der Waals surface area (Å²) in [5, 5.41) is 3.45. The molecule has 3 nitrogen and oxygen atoms in total. The lowest BCUT2D eigenvalue weighted by Crippen LogP contribution is -2.45. The van der Waals surface area contributed by atoms with Crippen LogP contribution in [0.2, 0.25) is 0 Å². The van der Waals surface area contributed by atoms with Gasteiger partial charge in [-0.1, -0.05) is 17.7 Å². The molecule has 1 aromatic carbocycles. The molecule has 3 heteroatoms. The topological polar surface area (TPSA) is 24.5 Å². The van der Waals surface area contributed by atoms with E-state index in [2.05, 4.69) is 35.3 Å². The van der Waals surface area contributed by atoms with Crippen molar-refractivity contribution in [2.24, 2.45) is 5.92 Å². The van der Waals surface area contributed by atoms with Gasteiger partial charge in [-0.05, 0) is 31.7 Å². The summed E-state index contributed by atoms with van der Waals surface area (Å²) in [5.41, 5.74) is 2.73. The number of hydrogen-bond donors (Lipinski definition) is 1. The number of ether oxygens (including phenoxy) is 1. The number of aryl methyl sites for hydroxylation is 1. The van der Waals surface area contributed by atoms with Crippen LogP contribution in [0, 0.1) is 12.8 Å². The van der Waals surface area contributed by atoms with Crippen molar-refractivity contribution in [1.82, 2.24) is 10.2 Å². The Balaban J connectivity index is 1.92. The lowest BCUT2D eigenvalue weighted by molar-refractivity contribution is 0.153. The van der Waals surface area contributed by atoms with Gasteiger partial charge in [-0.25, -0.2) is 0 Å². The smallest absolute Gasteiger partial charge is 0.123 e. The van der Waals surface area contributed by atoms with E-state index in [0.29, 0.717) is 6.04 Å². The van der Waals surface area contributed by atoms with E-state index >= 15 is 0 Å². The molecule has 1 N–H and O–H groups in total. The molecular formula is C16H24N2O. The zero-order valence-electron chi connectivity index (χ0n) is 12.0. The third kappa shape index (κ3) is 2.77. The zero-order valence-corrected chi connectivity index (χ0v) is 12.0. The highest BCUT2D eigenvalue weighted by atomic mass is 16.5. The Morgan fingerprint density at radius 1 is 1.26 bits per heavy atom. The minimum atomic E-state index is 0.553. The zero-order chi connectivity index (χ0) is 13.2. The molecule has 1 saturated carbocycles. The first-order valence-corrected chi connectivity index (χ1v) is 7.39. The van der Waals surface area contributed by atoms with Crippen molar-refractivity contribution in [1.29, 1.82) is 0 Å². The molecule has 0 aromatic heterocycles. The van der Waals surface area contributed by atoms with Gasteiger partial charge in [0.05, 0.1) is 7.11 Å². The fourth-order valence-electron chi connectivity index (χ4n) is 3.21. The maximum Gasteiger partial charge on any atom is 0.123 e. The van der Waals surface area contributed by atoms with Gasteiger partial charge in [0.15, 0.2) is 0 Å². The van der Waals surface area contributed by atoms with Gasteiger partial charge in [-0.3, -0.25) is 4.90 Å². The number of rotatable bonds is 4. The second kappa shape index (κ2) is 5.51. The van der Waals surface area contributed by atoms with Crippen LogP contribution >= 0.6 is 0 Å². The molecule has 1 aliphatic heterocycles. The van der Waals surface area contributed by atoms with E-state index in [0.717, 1.165) is 37.8 Å². The molecule has 104 valence electrons. The van der Waals surface area contributed by atoms with Crippen LogP contribution in [0.15, 0.2) is 18.2 Å². The molecule has 0 bridgehead atoms. The van der Waals surface area contributed by atoms with Crippen molar-refractivity contribution in [2.45, 2.75) is 25.8 Å². The van der Waals surface area contributed by atoms with Crippen LogP contribution in [-0.4, -0.2) is 38.2 Å². The van der Waals surface area contributed by atoms with E-state index in [9.17, 15) is 0 Å². The predicted octanol–water partition coefficient (Wildman–Crippen LogP) is 2.36. The molecule has 1 aromatic rings. The summed E-state index contributed by atoms with van der Waals surface area (Å²) in [6, 6.07) is 7.15. The van der Waals surface area contributed by atoms with Gasteiger partial charge in [0, 0.05) is 37.8 Å². The van der Waals surface area contributed by atoms with Crippen molar-refractivity contribution < 1.29 is 4.74 Å². The van der Waals surface area contributed by atoms with Crippen LogP contribution in [0.5, 0.6) is 5.75 Å². The molecule has 0 amide bonds. The van der Waals surface area contributed by atoms with E-state index in [4.69, 9.17) is 4.74 Å². The van der Waals surface area contributed by atoms with Crippen LogP contribution in [0.4, 0.5) is 0 Å². The van der Waals surface area contributed by atoms with Crippen LogP contribution in [0.3, 0.4) is 0 Å². The quantitative estimate of drug-likeness (QED) is 0.899. The Bertz CT molecular complexity index is 436. The molecule has 2 fully saturated rings. The van der Waals surface area contributed by atoms with Gasteiger partial charge < -0.3 is 10.1 Å². The Morgan fingerprint density at radius 2 is 2.00 bits per heavy atom. The Kier molecular flexibility index (Phi) is 3.76. The van der Waals surface area contributed by atoms with Crippen molar-refractivity contribution in [3.8, 4) is 5.75 Å². The summed E-state index contributed by atoms with van der Waals surface area (Å²) in [6.07, 6.45) is 2.73. The fourth-order valence-corrected chi connectivity index (χ4v) is 3.21. The monoisotopic (exact) mass is 260 g/mol. The number of benzene rings is 1. The number of methoxy groups -OCH3 is 1. The third-order valence-corrected chi connectivity index (χ3v) is 4.32. The van der Waals surface area contributed by atoms with Crippen molar-refractivity contribution >= 4 is 0 Å². The summed E-state index contributed by atoms with van der Waals surface area (Å²) in [7, 11) is 1.79. The molecule has 0 spiro atoms. The lowest BCUT2D eigenvalue weighted by atomic mass is 9.97. The van der Waals surface area contributed by atoms with Crippen LogP contribution in [-0.2, 0) is 0 Å². The minimum Gasteiger partial charge on any atom is -0.496 e. The van der Waals surface area contributed by atoms with Crippen LogP contribution in [0.1, 0.15) is 30.0 Å². The number of hydrogen-bond acceptors (Lipinski definition) is 3. The van der Waals surface area contributed by atoms with Gasteiger partial charge in [-0.15, -0.1) is 0 Å². The molecule has 1 atom stereocenters. The lowest BCUT2D eigenvalue weighted by Gasteiger charge is -2.36. The highest BCUT2D eigenvalue weighted by Gasteiger charge is 2.38. The molecule has 2 aliphatic rings. The van der Waals surface area contributed by atoms with Gasteiger partial charge in [-0.2, -0.15) is 0 Å². The van der Waals surface area contributed by atoms with E-state index < -0.39 is 0 Å². The average molecular weight is 260 g/mol. The second-order valence-corrected chi connectivity index (χ2v) is 5.81. The highest BCUT2D eigenvalue weighted by Crippen LogP contribution is 2.47. The summed E-state index contributed by atoms with van der Waals surface area (Å²) < 4.78 is 5.61. The first-order valence-electron chi connectivity index (χ1n) is 7.39. The van der Waals surface area contributed by atoms with Gasteiger partial charge in [0.1, 0.15) is 5.75 Å². The maximum atomic E-state index is 5.61. The van der Waals surface area contributed by atoms with Crippen LogP contribution < -0.4 is 10.1 Å². The van der Waals surface area contributed by atoms with E-state index in [-0.39, 0.29) is 0 Å². The number of nitrogens with zero attached hydrogens (tertiary/aromatic N) is 1. The number of nitrogens with one attached hydrogen (secondary N) is 1. The molecule has 0 radical (unpaired) electrons. The first-order chi connectivity index (χ1) is 9.29. The molecule has 1 heterocycles. The average Bonchev–Trinajstić information content (AvgIpc) is 3.25. The van der Waals surface area contributed by atoms with Gasteiger partial charge in [0.25, 0.3) is 0 Å². The SMILES string of the molecule is COc1ccc(C)cc1C(C1CC1)N1CCNCC1. The molecular weight excluding hydrogens is 236 g/mol. The van der Waals surface area contributed by atoms with E-state index in [1.54, 1.807) is 7.11 Å². The molecule has 1 aliphatic carbocycles. The summed E-state index contributed by atoms with van der Waals surface area (Å²) in [5.74, 6) is 1.88. The van der Waals surface area contributed by atoms with E-state index in [1.807, 2.05) is 0 Å². The predicted molar refractivity (Wildman–Crippen MR) is 77.6 cm³/mol. The van der Waals surface area contributed by atoms with Crippen molar-refractivity contribution in [2.75, 3.05) is 33.3 Å². The first kappa shape index (κ1) is 12.9. The molecule has 19 heavy (non-hydrogen) atoms. The van der Waals surface area contributed by atoms with Gasteiger partial charge in [0.2, 0.25) is 0 Å². The van der Waals surface area contributed by atoms with E-state index in [1.165, 1.54) is 24.0 Å². The molecule has 1 saturated heterocycles. The normalized spacial score (nSPS) is 22.2. The Hall–Kier alpha value is -1.06. The van der Waals surface area contributed by atoms with Crippen LogP contribution in [0.25, 0.3) is 0 Å². The third-order valence-electron chi connectivity index (χ3n) is 4.32. The summed E-state index contributed by atoms with van der Waals surface area (Å²) in [6.45, 7) is 6.69. The summed E-state index contributed by atoms with van der Waals surface area (Å²) >= 11 is 0. The minimum absolute atomic E-state index is 0.553. The van der Waals surface area contributed by atoms with Gasteiger partial charge >= 0.3 is 0 Å². The maximum absolute atomic E-state index is 5.61. The second-order valence-electron chi connectivity index (χ2n) is 5.81. The largest absolute Gasteiger partial charge is 0.496 e. The number of piperazine rings is 1. The standard InChI is InChI=1S/C16H24N2O/c1-12-3-6-15(19-2)14(11-12)16(13-4-5-13)18-9-7-17-8-10-18/h3,6,11,13,16-17H,4-5,7-10H2,1-2H3. The van der Waals surface area contributed by atoms with Crippen molar-refractivity contribution in [3.63, 3.8) is 0 Å². The highest BCUT2D eigenvalue weighted by molar-refractivity contribution is 5.40. The molecule has 1 unspecified atom stereocenters. The fraction of sp³-hybridized carbons (Fsp3) is 0.625. The summed E-state index contributed by atoms with van der Waals surface area (Å²) in [4.78, 5) is 2.64. The Morgan fingerprint density at radius 3 is 2.63 bits per heavy atom. The van der Waals surface area contributed by atoms with Crippen molar-refractivity contribution in [3.05, 3.63) is 29.3 Å². The Labute approximate surface area is 115 Å². The molecule has 3 rings (SSSR count).